The smallest absolute Gasteiger partial charge is 0.324 e. The third-order valence-electron chi connectivity index (χ3n) is 4.18. The normalized spacial score (nSPS) is 12.3. The molecule has 0 atom stereocenters. The summed E-state index contributed by atoms with van der Waals surface area (Å²) in [4.78, 5) is 11.8. The lowest BCUT2D eigenvalue weighted by molar-refractivity contribution is -0.137. The predicted octanol–water partition coefficient (Wildman–Crippen LogP) is 3.89. The van der Waals surface area contributed by atoms with Gasteiger partial charge in [0.1, 0.15) is 0 Å². The number of halogens is 3. The van der Waals surface area contributed by atoms with Crippen molar-refractivity contribution < 1.29 is 26.4 Å². The molecule has 0 radical (unpaired) electrons. The van der Waals surface area contributed by atoms with E-state index in [9.17, 15) is 26.4 Å². The van der Waals surface area contributed by atoms with E-state index in [1.807, 2.05) is 32.9 Å². The van der Waals surface area contributed by atoms with Crippen molar-refractivity contribution in [1.29, 1.82) is 0 Å². The molecule has 0 aliphatic rings. The van der Waals surface area contributed by atoms with Crippen LogP contribution >= 0.6 is 0 Å². The van der Waals surface area contributed by atoms with E-state index in [-0.39, 0.29) is 0 Å². The summed E-state index contributed by atoms with van der Waals surface area (Å²) < 4.78 is 64.4. The third kappa shape index (κ3) is 4.90. The minimum Gasteiger partial charge on any atom is -0.324 e. The number of nitrogens with one attached hydrogen (secondary N) is 1. The van der Waals surface area contributed by atoms with E-state index in [1.165, 1.54) is 0 Å². The lowest BCUT2D eigenvalue weighted by atomic mass is 10.1. The fourth-order valence-electron chi connectivity index (χ4n) is 2.86. The summed E-state index contributed by atoms with van der Waals surface area (Å²) in [5, 5.41) is 2.67. The fourth-order valence-corrected chi connectivity index (χ4v) is 4.03. The van der Waals surface area contributed by atoms with Crippen molar-refractivity contribution in [3.8, 4) is 0 Å². The first-order valence-corrected chi connectivity index (χ1v) is 9.77. The van der Waals surface area contributed by atoms with E-state index in [4.69, 9.17) is 0 Å². The van der Waals surface area contributed by atoms with Gasteiger partial charge in [0.05, 0.1) is 17.0 Å². The van der Waals surface area contributed by atoms with Crippen molar-refractivity contribution in [3.63, 3.8) is 0 Å². The Morgan fingerprint density at radius 2 is 1.64 bits per heavy atom. The average molecular weight is 414 g/mol. The van der Waals surface area contributed by atoms with E-state index in [1.54, 1.807) is 0 Å². The van der Waals surface area contributed by atoms with Crippen molar-refractivity contribution in [3.05, 3.63) is 58.7 Å². The Hall–Kier alpha value is -2.39. The van der Waals surface area contributed by atoms with Gasteiger partial charge in [-0.2, -0.15) is 17.5 Å². The highest BCUT2D eigenvalue weighted by atomic mass is 32.2. The largest absolute Gasteiger partial charge is 0.416 e. The molecular weight excluding hydrogens is 393 g/mol. The van der Waals surface area contributed by atoms with E-state index in [0.29, 0.717) is 11.8 Å². The summed E-state index contributed by atoms with van der Waals surface area (Å²) in [6.45, 7) is 5.02. The Bertz CT molecular complexity index is 979. The molecule has 0 heterocycles. The van der Waals surface area contributed by atoms with Crippen LogP contribution in [0.5, 0.6) is 0 Å². The molecule has 0 saturated heterocycles. The maximum Gasteiger partial charge on any atom is 0.416 e. The highest BCUT2D eigenvalue weighted by molar-refractivity contribution is 7.89. The van der Waals surface area contributed by atoms with Crippen LogP contribution in [0.25, 0.3) is 0 Å². The second-order valence-electron chi connectivity index (χ2n) is 6.61. The summed E-state index contributed by atoms with van der Waals surface area (Å²) in [7, 11) is -3.12. The molecule has 1 N–H and O–H groups in total. The van der Waals surface area contributed by atoms with Gasteiger partial charge < -0.3 is 5.32 Å². The molecule has 5 nitrogen and oxygen atoms in total. The number of anilines is 1. The number of aryl methyl sites for hydroxylation is 3. The Kier molecular flexibility index (Phi) is 6.20. The highest BCUT2D eigenvalue weighted by Gasteiger charge is 2.32. The van der Waals surface area contributed by atoms with Crippen LogP contribution in [-0.4, -0.2) is 32.2 Å². The van der Waals surface area contributed by atoms with Gasteiger partial charge in [0.2, 0.25) is 15.9 Å². The first-order chi connectivity index (χ1) is 12.8. The lowest BCUT2D eigenvalue weighted by Crippen LogP contribution is -2.35. The van der Waals surface area contributed by atoms with E-state index >= 15 is 0 Å². The molecule has 0 aliphatic carbocycles. The number of rotatable bonds is 5. The quantitative estimate of drug-likeness (QED) is 0.807. The van der Waals surface area contributed by atoms with Gasteiger partial charge in [-0.25, -0.2) is 8.42 Å². The molecule has 9 heteroatoms. The van der Waals surface area contributed by atoms with Gasteiger partial charge >= 0.3 is 6.18 Å². The van der Waals surface area contributed by atoms with E-state index in [0.717, 1.165) is 46.2 Å². The molecule has 0 unspecified atom stereocenters. The topological polar surface area (TPSA) is 66.5 Å². The number of likely N-dealkylation sites (N-methyl/N-ethyl adjacent to an activating group) is 1. The number of carbonyl (C=O) groups excluding carboxylic acids is 1. The second-order valence-corrected chi connectivity index (χ2v) is 8.65. The molecule has 0 aliphatic heterocycles. The van der Waals surface area contributed by atoms with Crippen LogP contribution in [0.3, 0.4) is 0 Å². The summed E-state index contributed by atoms with van der Waals surface area (Å²) in [5.41, 5.74) is 2.19. The summed E-state index contributed by atoms with van der Waals surface area (Å²) in [6, 6.07) is 7.18. The molecule has 2 rings (SSSR count). The molecule has 2 aromatic rings. The van der Waals surface area contributed by atoms with Gasteiger partial charge in [-0.3, -0.25) is 4.79 Å². The van der Waals surface area contributed by atoms with E-state index < -0.39 is 39.1 Å². The highest BCUT2D eigenvalue weighted by Crippen LogP contribution is 2.31. The van der Waals surface area contributed by atoms with E-state index in [2.05, 4.69) is 5.32 Å². The van der Waals surface area contributed by atoms with Gasteiger partial charge in [-0.1, -0.05) is 23.8 Å². The number of alkyl halides is 3. The van der Waals surface area contributed by atoms with Crippen molar-refractivity contribution in [2.75, 3.05) is 18.9 Å². The van der Waals surface area contributed by atoms with Crippen molar-refractivity contribution >= 4 is 21.6 Å². The maximum absolute atomic E-state index is 12.8. The molecule has 0 saturated carbocycles. The van der Waals surface area contributed by atoms with Gasteiger partial charge in [-0.05, 0) is 50.1 Å². The second kappa shape index (κ2) is 7.92. The first kappa shape index (κ1) is 21.9. The molecule has 0 fully saturated rings. The monoisotopic (exact) mass is 414 g/mol. The molecule has 152 valence electrons. The Morgan fingerprint density at radius 3 is 2.18 bits per heavy atom. The van der Waals surface area contributed by atoms with Crippen LogP contribution in [0.15, 0.2) is 41.3 Å². The molecule has 28 heavy (non-hydrogen) atoms. The zero-order valence-electron chi connectivity index (χ0n) is 15.9. The van der Waals surface area contributed by atoms with Crippen molar-refractivity contribution in [2.45, 2.75) is 31.8 Å². The number of sulfonamides is 1. The maximum atomic E-state index is 12.8. The standard InChI is InChI=1S/C19H21F3N2O3S/c1-12-8-13(2)18(14(3)9-12)23-17(25)11-24(4)28(26,27)16-7-5-6-15(10-16)19(20,21)22/h5-10H,11H2,1-4H3,(H,23,25). The number of nitrogens with zero attached hydrogens (tertiary/aromatic N) is 1. The SMILES string of the molecule is Cc1cc(C)c(NC(=O)CN(C)S(=O)(=O)c2cccc(C(F)(F)F)c2)c(C)c1. The number of hydrogen-bond donors (Lipinski definition) is 1. The van der Waals surface area contributed by atoms with Crippen LogP contribution in [0.2, 0.25) is 0 Å². The van der Waals surface area contributed by atoms with Crippen LogP contribution in [-0.2, 0) is 21.0 Å². The number of benzene rings is 2. The summed E-state index contributed by atoms with van der Waals surface area (Å²) in [6.07, 6.45) is -4.66. The zero-order valence-corrected chi connectivity index (χ0v) is 16.7. The van der Waals surface area contributed by atoms with Crippen molar-refractivity contribution in [2.24, 2.45) is 0 Å². The lowest BCUT2D eigenvalue weighted by Gasteiger charge is -2.19. The Labute approximate surface area is 162 Å². The average Bonchev–Trinajstić information content (AvgIpc) is 2.57. The van der Waals surface area contributed by atoms with Gasteiger partial charge in [-0.15, -0.1) is 0 Å². The van der Waals surface area contributed by atoms with Gasteiger partial charge in [0, 0.05) is 12.7 Å². The van der Waals surface area contributed by atoms with Crippen LogP contribution in [0, 0.1) is 20.8 Å². The molecule has 0 bridgehead atoms. The zero-order chi connectivity index (χ0) is 21.3. The number of carbonyl (C=O) groups is 1. The molecule has 1 amide bonds. The predicted molar refractivity (Wildman–Crippen MR) is 101 cm³/mol. The van der Waals surface area contributed by atoms with Crippen molar-refractivity contribution in [1.82, 2.24) is 4.31 Å². The molecular formula is C19H21F3N2O3S. The van der Waals surface area contributed by atoms with Gasteiger partial charge in [0.25, 0.3) is 0 Å². The first-order valence-electron chi connectivity index (χ1n) is 8.33. The van der Waals surface area contributed by atoms with Crippen LogP contribution < -0.4 is 5.32 Å². The Balaban J connectivity index is 2.20. The van der Waals surface area contributed by atoms with Crippen LogP contribution in [0.4, 0.5) is 18.9 Å². The fraction of sp³-hybridized carbons (Fsp3) is 0.316. The van der Waals surface area contributed by atoms with Gasteiger partial charge in [0.15, 0.2) is 0 Å². The molecule has 0 spiro atoms. The minimum atomic E-state index is -4.66. The summed E-state index contributed by atoms with van der Waals surface area (Å²) in [5.74, 6) is -0.590. The summed E-state index contributed by atoms with van der Waals surface area (Å²) >= 11 is 0. The third-order valence-corrected chi connectivity index (χ3v) is 5.98. The molecule has 0 aromatic heterocycles. The molecule has 2 aromatic carbocycles. The number of amides is 1. The number of hydrogen-bond acceptors (Lipinski definition) is 3. The minimum absolute atomic E-state index is 0.527. The Morgan fingerprint density at radius 1 is 1.07 bits per heavy atom. The van der Waals surface area contributed by atoms with Crippen LogP contribution in [0.1, 0.15) is 22.3 Å².